The number of methoxy groups -OCH3 is 1. The van der Waals surface area contributed by atoms with E-state index in [0.717, 1.165) is 11.4 Å². The summed E-state index contributed by atoms with van der Waals surface area (Å²) in [5, 5.41) is 39.8. The highest BCUT2D eigenvalue weighted by atomic mass is 19.1. The summed E-state index contributed by atoms with van der Waals surface area (Å²) in [6, 6.07) is 12.3. The largest absolute Gasteiger partial charge is 0.497 e. The number of hydrogen-bond acceptors (Lipinski definition) is 9. The van der Waals surface area contributed by atoms with Gasteiger partial charge in [0.05, 0.1) is 32.4 Å². The Labute approximate surface area is 226 Å². The van der Waals surface area contributed by atoms with Gasteiger partial charge < -0.3 is 34.6 Å². The van der Waals surface area contributed by atoms with Gasteiger partial charge in [-0.25, -0.2) is 9.07 Å². The minimum absolute atomic E-state index is 0.172. The molecule has 0 unspecified atom stereocenters. The van der Waals surface area contributed by atoms with Crippen LogP contribution in [-0.2, 0) is 9.53 Å². The average molecular weight is 544 g/mol. The van der Waals surface area contributed by atoms with Gasteiger partial charge in [0.15, 0.2) is 0 Å². The molecule has 39 heavy (non-hydrogen) atoms. The Morgan fingerprint density at radius 2 is 1.82 bits per heavy atom. The van der Waals surface area contributed by atoms with E-state index in [2.05, 4.69) is 10.3 Å². The number of rotatable bonds is 10. The Balaban J connectivity index is 1.41. The lowest BCUT2D eigenvalue weighted by molar-refractivity contribution is -0.208. The van der Waals surface area contributed by atoms with Gasteiger partial charge in [-0.05, 0) is 36.4 Å². The van der Waals surface area contributed by atoms with Crippen LogP contribution in [0.1, 0.15) is 12.5 Å². The summed E-state index contributed by atoms with van der Waals surface area (Å²) in [5.41, 5.74) is 1.79. The number of hydrogen-bond donors (Lipinski definition) is 3. The van der Waals surface area contributed by atoms with Crippen molar-refractivity contribution < 1.29 is 34.0 Å². The highest BCUT2D eigenvalue weighted by Crippen LogP contribution is 2.32. The molecule has 12 heteroatoms. The highest BCUT2D eigenvalue weighted by Gasteiger charge is 2.46. The van der Waals surface area contributed by atoms with E-state index in [9.17, 15) is 24.5 Å². The molecule has 3 N–H and O–H groups in total. The summed E-state index contributed by atoms with van der Waals surface area (Å²) in [4.78, 5) is 16.6. The second-order valence-electron chi connectivity index (χ2n) is 9.60. The van der Waals surface area contributed by atoms with Gasteiger partial charge in [-0.1, -0.05) is 17.3 Å². The first-order valence-corrected chi connectivity index (χ1v) is 12.6. The van der Waals surface area contributed by atoms with Crippen LogP contribution in [0.4, 0.5) is 10.1 Å². The fourth-order valence-corrected chi connectivity index (χ4v) is 4.58. The topological polar surface area (TPSA) is 133 Å². The Morgan fingerprint density at radius 1 is 1.10 bits per heavy atom. The normalized spacial score (nSPS) is 22.9. The Morgan fingerprint density at radius 3 is 2.49 bits per heavy atom. The van der Waals surface area contributed by atoms with E-state index in [1.165, 1.54) is 29.1 Å². The van der Waals surface area contributed by atoms with Gasteiger partial charge in [-0.2, -0.15) is 0 Å². The zero-order valence-electron chi connectivity index (χ0n) is 22.1. The molecule has 2 heterocycles. The molecule has 0 spiro atoms. The predicted octanol–water partition coefficient (Wildman–Crippen LogP) is 1.10. The third kappa shape index (κ3) is 6.53. The van der Waals surface area contributed by atoms with E-state index in [1.54, 1.807) is 25.1 Å². The molecule has 1 aliphatic rings. The number of nitrogens with zero attached hydrogens (tertiary/aromatic N) is 5. The molecular formula is C27H34FN5O6. The SMILES string of the molecule is COc1ccc(N(C)CCN(C)C(=O)C[C@@H]2O[C@H](CO)[C@H](O)[C@H](n3cc(-c4cccc(F)c4)nn3)[C@H]2O)cc1. The maximum absolute atomic E-state index is 13.7. The fraction of sp³-hybridized carbons (Fsp3) is 0.444. The minimum atomic E-state index is -1.33. The van der Waals surface area contributed by atoms with Crippen LogP contribution in [-0.4, -0.2) is 106 Å². The first-order chi connectivity index (χ1) is 18.7. The molecule has 11 nitrogen and oxygen atoms in total. The van der Waals surface area contributed by atoms with Crippen molar-refractivity contribution in [3.05, 3.63) is 60.5 Å². The van der Waals surface area contributed by atoms with Crippen molar-refractivity contribution in [3.63, 3.8) is 0 Å². The number of anilines is 1. The number of ether oxygens (including phenoxy) is 2. The molecular weight excluding hydrogens is 509 g/mol. The standard InChI is InChI=1S/C27H34FN5O6/c1-31(19-7-9-20(38-3)10-8-19)11-12-32(2)24(35)14-22-26(36)25(27(37)23(16-34)39-22)33-15-21(29-30-33)17-5-4-6-18(28)13-17/h4-10,13,15,22-23,25-27,34,36-37H,11-12,14,16H2,1-3H3/t22-,23+,25+,26-,27-/m0/s1. The third-order valence-corrected chi connectivity index (χ3v) is 7.01. The summed E-state index contributed by atoms with van der Waals surface area (Å²) in [5.74, 6) is 0.0469. The van der Waals surface area contributed by atoms with Crippen molar-refractivity contribution in [1.29, 1.82) is 0 Å². The van der Waals surface area contributed by atoms with Crippen molar-refractivity contribution >= 4 is 11.6 Å². The van der Waals surface area contributed by atoms with E-state index in [-0.39, 0.29) is 12.3 Å². The maximum Gasteiger partial charge on any atom is 0.225 e. The molecule has 0 bridgehead atoms. The molecule has 1 fully saturated rings. The fourth-order valence-electron chi connectivity index (χ4n) is 4.58. The minimum Gasteiger partial charge on any atom is -0.497 e. The van der Waals surface area contributed by atoms with E-state index in [1.807, 2.05) is 36.2 Å². The van der Waals surface area contributed by atoms with Crippen LogP contribution in [0.25, 0.3) is 11.3 Å². The third-order valence-electron chi connectivity index (χ3n) is 7.01. The highest BCUT2D eigenvalue weighted by molar-refractivity contribution is 5.76. The van der Waals surface area contributed by atoms with Crippen molar-refractivity contribution in [1.82, 2.24) is 19.9 Å². The van der Waals surface area contributed by atoms with Crippen LogP contribution in [0, 0.1) is 5.82 Å². The zero-order valence-corrected chi connectivity index (χ0v) is 22.1. The quantitative estimate of drug-likeness (QED) is 0.344. The molecule has 0 aliphatic carbocycles. The van der Waals surface area contributed by atoms with Crippen LogP contribution in [0.3, 0.4) is 0 Å². The van der Waals surface area contributed by atoms with Crippen LogP contribution >= 0.6 is 0 Å². The number of aliphatic hydroxyl groups excluding tert-OH is 3. The number of aliphatic hydroxyl groups is 3. The van der Waals surface area contributed by atoms with Crippen LogP contribution in [0.2, 0.25) is 0 Å². The summed E-state index contributed by atoms with van der Waals surface area (Å²) in [6.07, 6.45) is -3.41. The molecule has 1 aliphatic heterocycles. The van der Waals surface area contributed by atoms with Crippen molar-refractivity contribution in [2.24, 2.45) is 0 Å². The summed E-state index contributed by atoms with van der Waals surface area (Å²) >= 11 is 0. The van der Waals surface area contributed by atoms with Gasteiger partial charge in [0.25, 0.3) is 0 Å². The molecule has 0 saturated carbocycles. The number of halogens is 1. The van der Waals surface area contributed by atoms with Gasteiger partial charge in [0, 0.05) is 38.4 Å². The number of amides is 1. The van der Waals surface area contributed by atoms with Crippen LogP contribution in [0.5, 0.6) is 5.75 Å². The van der Waals surface area contributed by atoms with Gasteiger partial charge in [0.1, 0.15) is 41.6 Å². The second-order valence-corrected chi connectivity index (χ2v) is 9.60. The lowest BCUT2D eigenvalue weighted by atomic mass is 9.91. The first kappa shape index (κ1) is 28.4. The van der Waals surface area contributed by atoms with E-state index < -0.39 is 42.9 Å². The van der Waals surface area contributed by atoms with Crippen molar-refractivity contribution in [3.8, 4) is 17.0 Å². The van der Waals surface area contributed by atoms with E-state index in [4.69, 9.17) is 9.47 Å². The van der Waals surface area contributed by atoms with Gasteiger partial charge in [0.2, 0.25) is 5.91 Å². The number of likely N-dealkylation sites (N-methyl/N-ethyl adjacent to an activating group) is 2. The van der Waals surface area contributed by atoms with E-state index >= 15 is 0 Å². The second kappa shape index (κ2) is 12.5. The van der Waals surface area contributed by atoms with Crippen molar-refractivity contribution in [2.45, 2.75) is 36.9 Å². The van der Waals surface area contributed by atoms with E-state index in [0.29, 0.717) is 24.3 Å². The molecule has 3 aromatic rings. The zero-order chi connectivity index (χ0) is 28.1. The monoisotopic (exact) mass is 543 g/mol. The lowest BCUT2D eigenvalue weighted by Gasteiger charge is -2.42. The van der Waals surface area contributed by atoms with Crippen molar-refractivity contribution in [2.75, 3.05) is 45.8 Å². The number of benzene rings is 2. The summed E-state index contributed by atoms with van der Waals surface area (Å²) in [6.45, 7) is 0.452. The van der Waals surface area contributed by atoms with Crippen LogP contribution < -0.4 is 9.64 Å². The lowest BCUT2D eigenvalue weighted by Crippen LogP contribution is -2.57. The Kier molecular flexibility index (Phi) is 9.12. The van der Waals surface area contributed by atoms with Gasteiger partial charge in [-0.15, -0.1) is 5.10 Å². The average Bonchev–Trinajstić information content (AvgIpc) is 3.43. The molecule has 210 valence electrons. The van der Waals surface area contributed by atoms with Crippen LogP contribution in [0.15, 0.2) is 54.7 Å². The molecule has 1 saturated heterocycles. The number of carbonyl (C=O) groups is 1. The van der Waals surface area contributed by atoms with Gasteiger partial charge in [-0.3, -0.25) is 4.79 Å². The molecule has 1 amide bonds. The Hall–Kier alpha value is -3.58. The number of carbonyl (C=O) groups excluding carboxylic acids is 1. The summed E-state index contributed by atoms with van der Waals surface area (Å²) < 4.78 is 25.8. The predicted molar refractivity (Wildman–Crippen MR) is 141 cm³/mol. The maximum atomic E-state index is 13.7. The molecule has 4 rings (SSSR count). The first-order valence-electron chi connectivity index (χ1n) is 12.6. The molecule has 2 aromatic carbocycles. The molecule has 0 radical (unpaired) electrons. The Bertz CT molecular complexity index is 1240. The molecule has 5 atom stereocenters. The smallest absolute Gasteiger partial charge is 0.225 e. The number of aromatic nitrogens is 3. The van der Waals surface area contributed by atoms with Gasteiger partial charge >= 0.3 is 0 Å². The summed E-state index contributed by atoms with van der Waals surface area (Å²) in [7, 11) is 5.19. The molecule has 1 aromatic heterocycles.